The number of hydrogen-bond donors (Lipinski definition) is 1. The van der Waals surface area contributed by atoms with Crippen LogP contribution in [0.15, 0.2) is 78.1 Å². The van der Waals surface area contributed by atoms with Crippen molar-refractivity contribution in [1.82, 2.24) is 24.1 Å². The average molecular weight is 396 g/mol. The van der Waals surface area contributed by atoms with E-state index in [1.165, 1.54) is 6.33 Å². The van der Waals surface area contributed by atoms with Crippen LogP contribution >= 0.6 is 0 Å². The molecule has 5 rings (SSSR count). The number of aromatic nitrogens is 5. The van der Waals surface area contributed by atoms with Crippen molar-refractivity contribution in [2.24, 2.45) is 0 Å². The number of benzene rings is 2. The molecule has 0 saturated heterocycles. The zero-order valence-electron chi connectivity index (χ0n) is 16.6. The smallest absolute Gasteiger partial charge is 0.263 e. The van der Waals surface area contributed by atoms with Crippen LogP contribution in [-0.4, -0.2) is 24.1 Å². The van der Waals surface area contributed by atoms with Crippen molar-refractivity contribution in [2.45, 2.75) is 19.9 Å². The fourth-order valence-corrected chi connectivity index (χ4v) is 3.86. The first kappa shape index (κ1) is 18.1. The molecular formula is C23H20N6O. The fourth-order valence-electron chi connectivity index (χ4n) is 3.86. The van der Waals surface area contributed by atoms with Gasteiger partial charge in [0.15, 0.2) is 11.5 Å². The van der Waals surface area contributed by atoms with Crippen molar-refractivity contribution in [3.05, 3.63) is 94.9 Å². The van der Waals surface area contributed by atoms with Gasteiger partial charge in [-0.05, 0) is 43.0 Å². The predicted molar refractivity (Wildman–Crippen MR) is 117 cm³/mol. The lowest BCUT2D eigenvalue weighted by Gasteiger charge is -2.21. The molecule has 5 aromatic rings. The summed E-state index contributed by atoms with van der Waals surface area (Å²) >= 11 is 0. The second kappa shape index (κ2) is 7.11. The number of pyridine rings is 1. The van der Waals surface area contributed by atoms with Gasteiger partial charge >= 0.3 is 0 Å². The number of nitrogens with zero attached hydrogens (tertiary/aromatic N) is 5. The highest BCUT2D eigenvalue weighted by atomic mass is 16.1. The van der Waals surface area contributed by atoms with Gasteiger partial charge in [0.05, 0.1) is 11.4 Å². The van der Waals surface area contributed by atoms with Crippen LogP contribution in [0.25, 0.3) is 22.1 Å². The van der Waals surface area contributed by atoms with Gasteiger partial charge in [-0.15, -0.1) is 0 Å². The van der Waals surface area contributed by atoms with Crippen molar-refractivity contribution >= 4 is 22.2 Å². The van der Waals surface area contributed by atoms with Crippen LogP contribution in [0.2, 0.25) is 0 Å². The van der Waals surface area contributed by atoms with Crippen molar-refractivity contribution in [1.29, 1.82) is 0 Å². The molecule has 3 heterocycles. The largest absolute Gasteiger partial charge is 0.359 e. The van der Waals surface area contributed by atoms with Crippen molar-refractivity contribution < 1.29 is 0 Å². The Morgan fingerprint density at radius 2 is 1.87 bits per heavy atom. The summed E-state index contributed by atoms with van der Waals surface area (Å²) in [5.41, 5.74) is 3.23. The molecule has 148 valence electrons. The molecule has 0 aliphatic heterocycles. The minimum Gasteiger partial charge on any atom is -0.359 e. The molecule has 1 N–H and O–H groups in total. The molecule has 7 nitrogen and oxygen atoms in total. The van der Waals surface area contributed by atoms with E-state index >= 15 is 0 Å². The van der Waals surface area contributed by atoms with Gasteiger partial charge in [0.25, 0.3) is 5.56 Å². The molecule has 3 aromatic heterocycles. The number of nitrogens with one attached hydrogen (secondary N) is 1. The molecule has 30 heavy (non-hydrogen) atoms. The fraction of sp³-hybridized carbons (Fsp3) is 0.130. The van der Waals surface area contributed by atoms with Gasteiger partial charge in [-0.2, -0.15) is 5.10 Å². The third kappa shape index (κ3) is 2.91. The molecule has 0 bridgehead atoms. The summed E-state index contributed by atoms with van der Waals surface area (Å²) in [6, 6.07) is 17.5. The van der Waals surface area contributed by atoms with Crippen LogP contribution < -0.4 is 10.9 Å². The minimum atomic E-state index is -0.210. The number of anilines is 1. The van der Waals surface area contributed by atoms with Crippen LogP contribution in [0, 0.1) is 6.92 Å². The van der Waals surface area contributed by atoms with Crippen LogP contribution in [0.1, 0.15) is 24.2 Å². The molecule has 0 aliphatic rings. The Morgan fingerprint density at radius 1 is 1.03 bits per heavy atom. The van der Waals surface area contributed by atoms with E-state index in [0.29, 0.717) is 11.5 Å². The van der Waals surface area contributed by atoms with E-state index in [1.807, 2.05) is 62.4 Å². The van der Waals surface area contributed by atoms with Gasteiger partial charge in [-0.25, -0.2) is 14.5 Å². The van der Waals surface area contributed by atoms with E-state index in [1.54, 1.807) is 21.5 Å². The third-order valence-corrected chi connectivity index (χ3v) is 5.29. The summed E-state index contributed by atoms with van der Waals surface area (Å²) < 4.78 is 3.44. The Balaban J connectivity index is 1.71. The summed E-state index contributed by atoms with van der Waals surface area (Å²) in [5.74, 6) is 0.610. The summed E-state index contributed by atoms with van der Waals surface area (Å²) in [6.07, 6.45) is 4.93. The Kier molecular flexibility index (Phi) is 4.28. The van der Waals surface area contributed by atoms with Gasteiger partial charge < -0.3 is 5.32 Å². The molecule has 2 aromatic carbocycles. The van der Waals surface area contributed by atoms with Gasteiger partial charge in [-0.3, -0.25) is 9.36 Å². The van der Waals surface area contributed by atoms with E-state index in [4.69, 9.17) is 0 Å². The summed E-state index contributed by atoms with van der Waals surface area (Å²) in [6.45, 7) is 3.98. The van der Waals surface area contributed by atoms with Crippen LogP contribution in [-0.2, 0) is 0 Å². The second-order valence-electron chi connectivity index (χ2n) is 7.25. The van der Waals surface area contributed by atoms with E-state index in [0.717, 1.165) is 27.7 Å². The van der Waals surface area contributed by atoms with Gasteiger partial charge in [0.1, 0.15) is 6.33 Å². The summed E-state index contributed by atoms with van der Waals surface area (Å²) in [7, 11) is 0. The maximum Gasteiger partial charge on any atom is 0.263 e. The topological polar surface area (TPSA) is 77.1 Å². The van der Waals surface area contributed by atoms with E-state index in [9.17, 15) is 4.79 Å². The maximum atomic E-state index is 13.6. The maximum absolute atomic E-state index is 13.6. The second-order valence-corrected chi connectivity index (χ2v) is 7.25. The van der Waals surface area contributed by atoms with Crippen LogP contribution in [0.5, 0.6) is 0 Å². The monoisotopic (exact) mass is 396 g/mol. The zero-order chi connectivity index (χ0) is 20.7. The molecule has 7 heteroatoms. The van der Waals surface area contributed by atoms with Gasteiger partial charge in [0.2, 0.25) is 0 Å². The van der Waals surface area contributed by atoms with E-state index in [-0.39, 0.29) is 11.6 Å². The molecule has 0 aliphatic carbocycles. The highest BCUT2D eigenvalue weighted by molar-refractivity contribution is 5.85. The number of para-hydroxylation sites is 1. The SMILES string of the molecule is Cc1cccc2cc([C@H](C)Nc3ncnn4ccnc34)n(-c3ccccc3)c(=O)c12. The number of aryl methyl sites for hydroxylation is 1. The molecule has 0 fully saturated rings. The highest BCUT2D eigenvalue weighted by Crippen LogP contribution is 2.25. The molecule has 0 spiro atoms. The lowest BCUT2D eigenvalue weighted by atomic mass is 10.0. The Labute approximate surface area is 172 Å². The number of rotatable bonds is 4. The Bertz CT molecular complexity index is 1420. The Morgan fingerprint density at radius 3 is 2.70 bits per heavy atom. The lowest BCUT2D eigenvalue weighted by molar-refractivity contribution is 0.769. The minimum absolute atomic E-state index is 0.0332. The third-order valence-electron chi connectivity index (χ3n) is 5.29. The normalized spacial score (nSPS) is 12.3. The van der Waals surface area contributed by atoms with E-state index in [2.05, 4.69) is 26.4 Å². The molecule has 0 radical (unpaired) electrons. The predicted octanol–water partition coefficient (Wildman–Crippen LogP) is 3.91. The number of hydrogen-bond acceptors (Lipinski definition) is 5. The first-order valence-electron chi connectivity index (χ1n) is 9.75. The van der Waals surface area contributed by atoms with Crippen molar-refractivity contribution in [3.8, 4) is 5.69 Å². The van der Waals surface area contributed by atoms with Crippen molar-refractivity contribution in [3.63, 3.8) is 0 Å². The molecule has 0 unspecified atom stereocenters. The molecule has 0 saturated carbocycles. The number of fused-ring (bicyclic) bond motifs is 2. The Hall–Kier alpha value is -4.00. The average Bonchev–Trinajstić information content (AvgIpc) is 3.24. The summed E-state index contributed by atoms with van der Waals surface area (Å²) in [4.78, 5) is 22.3. The summed E-state index contributed by atoms with van der Waals surface area (Å²) in [5, 5.41) is 9.22. The zero-order valence-corrected chi connectivity index (χ0v) is 16.6. The first-order chi connectivity index (χ1) is 14.6. The quantitative estimate of drug-likeness (QED) is 0.498. The van der Waals surface area contributed by atoms with Gasteiger partial charge in [0, 0.05) is 23.8 Å². The van der Waals surface area contributed by atoms with Crippen LogP contribution in [0.4, 0.5) is 5.82 Å². The molecule has 1 atom stereocenters. The van der Waals surface area contributed by atoms with Crippen molar-refractivity contribution in [2.75, 3.05) is 5.32 Å². The van der Waals surface area contributed by atoms with Crippen LogP contribution in [0.3, 0.4) is 0 Å². The molecular weight excluding hydrogens is 376 g/mol. The number of imidazole rings is 1. The van der Waals surface area contributed by atoms with E-state index < -0.39 is 0 Å². The molecule has 0 amide bonds. The standard InChI is InChI=1S/C23H20N6O/c1-15-7-6-8-17-13-19(29(23(30)20(15)17)18-9-4-3-5-10-18)16(2)27-21-22-24-11-12-28(22)26-14-25-21/h3-14,16H,1-2H3,(H,25,26,27)/t16-/m0/s1. The highest BCUT2D eigenvalue weighted by Gasteiger charge is 2.18. The lowest BCUT2D eigenvalue weighted by Crippen LogP contribution is -2.26. The van der Waals surface area contributed by atoms with Gasteiger partial charge in [-0.1, -0.05) is 36.4 Å². The first-order valence-corrected chi connectivity index (χ1v) is 9.75.